The molecular formula is C18H21N5O4. The minimum absolute atomic E-state index is 0.252. The molecule has 0 bridgehead atoms. The molecule has 1 aliphatic rings. The van der Waals surface area contributed by atoms with Crippen LogP contribution < -0.4 is 25.6 Å². The van der Waals surface area contributed by atoms with Crippen molar-refractivity contribution in [1.82, 2.24) is 19.1 Å². The monoisotopic (exact) mass is 371 g/mol. The van der Waals surface area contributed by atoms with Crippen LogP contribution in [0.3, 0.4) is 0 Å². The largest absolute Gasteiger partial charge is 0.497 e. The van der Waals surface area contributed by atoms with E-state index in [-0.39, 0.29) is 5.92 Å². The third-order valence-electron chi connectivity index (χ3n) is 4.89. The lowest BCUT2D eigenvalue weighted by atomic mass is 10.1. The molecular weight excluding hydrogens is 350 g/mol. The topological polar surface area (TPSA) is 94.4 Å². The molecule has 1 N–H and O–H groups in total. The summed E-state index contributed by atoms with van der Waals surface area (Å²) >= 11 is 0. The van der Waals surface area contributed by atoms with Crippen LogP contribution in [-0.2, 0) is 13.6 Å². The number of aromatic nitrogens is 4. The van der Waals surface area contributed by atoms with Crippen molar-refractivity contribution in [3.63, 3.8) is 0 Å². The number of methoxy groups -OCH3 is 2. The molecule has 3 heterocycles. The van der Waals surface area contributed by atoms with Gasteiger partial charge in [-0.25, -0.2) is 4.79 Å². The fourth-order valence-corrected chi connectivity index (χ4v) is 3.58. The third-order valence-corrected chi connectivity index (χ3v) is 4.89. The van der Waals surface area contributed by atoms with Crippen molar-refractivity contribution >= 4 is 22.8 Å². The Hall–Kier alpha value is -3.23. The molecule has 1 atom stereocenters. The summed E-state index contributed by atoms with van der Waals surface area (Å²) in [6.07, 6.45) is 0. The van der Waals surface area contributed by atoms with Crippen LogP contribution in [0.1, 0.15) is 6.92 Å². The molecule has 0 saturated carbocycles. The van der Waals surface area contributed by atoms with Gasteiger partial charge in [-0.2, -0.15) is 4.98 Å². The predicted molar refractivity (Wildman–Crippen MR) is 101 cm³/mol. The second-order valence-corrected chi connectivity index (χ2v) is 6.77. The molecule has 0 saturated heterocycles. The van der Waals surface area contributed by atoms with Crippen molar-refractivity contribution in [3.8, 4) is 11.5 Å². The number of nitrogens with zero attached hydrogens (tertiary/aromatic N) is 4. The number of hydrogen-bond acceptors (Lipinski definition) is 6. The Morgan fingerprint density at radius 1 is 1.19 bits per heavy atom. The molecule has 0 radical (unpaired) electrons. The number of H-pyrrole nitrogens is 1. The number of imidazole rings is 1. The molecule has 27 heavy (non-hydrogen) atoms. The quantitative estimate of drug-likeness (QED) is 0.744. The fourth-order valence-electron chi connectivity index (χ4n) is 3.58. The lowest BCUT2D eigenvalue weighted by Crippen LogP contribution is -2.35. The number of nitrogens with one attached hydrogen (secondary N) is 1. The summed E-state index contributed by atoms with van der Waals surface area (Å²) < 4.78 is 14.1. The first kappa shape index (κ1) is 17.2. The van der Waals surface area contributed by atoms with Gasteiger partial charge in [-0.05, 0) is 18.1 Å². The van der Waals surface area contributed by atoms with Gasteiger partial charge >= 0.3 is 5.69 Å². The first-order chi connectivity index (χ1) is 12.9. The Morgan fingerprint density at radius 3 is 2.67 bits per heavy atom. The number of hydrogen-bond donors (Lipinski definition) is 1. The SMILES string of the molecule is COc1ccc(OC)c(N2CC(C)Cn3c2nc2c3c(=O)[nH]c(=O)n2C)c1. The molecule has 1 unspecified atom stereocenters. The second kappa shape index (κ2) is 6.19. The predicted octanol–water partition coefficient (Wildman–Crippen LogP) is 1.23. The lowest BCUT2D eigenvalue weighted by molar-refractivity contribution is 0.400. The highest BCUT2D eigenvalue weighted by molar-refractivity contribution is 5.78. The number of anilines is 2. The summed E-state index contributed by atoms with van der Waals surface area (Å²) in [7, 11) is 4.81. The molecule has 0 spiro atoms. The van der Waals surface area contributed by atoms with Crippen molar-refractivity contribution in [1.29, 1.82) is 0 Å². The van der Waals surface area contributed by atoms with E-state index in [1.165, 1.54) is 4.57 Å². The molecule has 142 valence electrons. The number of fused-ring (bicyclic) bond motifs is 3. The number of aromatic amines is 1. The number of ether oxygens (including phenoxy) is 2. The molecule has 1 aliphatic heterocycles. The van der Waals surface area contributed by atoms with Gasteiger partial charge in [0, 0.05) is 26.2 Å². The molecule has 9 heteroatoms. The van der Waals surface area contributed by atoms with Crippen LogP contribution in [0.15, 0.2) is 27.8 Å². The third kappa shape index (κ3) is 2.57. The summed E-state index contributed by atoms with van der Waals surface area (Å²) in [5, 5.41) is 0. The summed E-state index contributed by atoms with van der Waals surface area (Å²) in [6.45, 7) is 3.43. The van der Waals surface area contributed by atoms with Gasteiger partial charge in [0.1, 0.15) is 11.5 Å². The number of aryl methyl sites for hydroxylation is 1. The average Bonchev–Trinajstić information content (AvgIpc) is 3.05. The van der Waals surface area contributed by atoms with E-state index in [1.807, 2.05) is 27.7 Å². The Balaban J connectivity index is 2.01. The zero-order valence-electron chi connectivity index (χ0n) is 15.6. The van der Waals surface area contributed by atoms with Crippen molar-refractivity contribution in [2.45, 2.75) is 13.5 Å². The number of rotatable bonds is 3. The molecule has 0 fully saturated rings. The minimum Gasteiger partial charge on any atom is -0.497 e. The normalized spacial score (nSPS) is 16.4. The molecule has 3 aromatic rings. The van der Waals surface area contributed by atoms with Crippen LogP contribution >= 0.6 is 0 Å². The number of benzene rings is 1. The van der Waals surface area contributed by atoms with Crippen molar-refractivity contribution in [2.75, 3.05) is 25.7 Å². The van der Waals surface area contributed by atoms with E-state index in [2.05, 4.69) is 16.9 Å². The maximum Gasteiger partial charge on any atom is 0.329 e. The first-order valence-electron chi connectivity index (χ1n) is 8.63. The van der Waals surface area contributed by atoms with E-state index in [4.69, 9.17) is 9.47 Å². The van der Waals surface area contributed by atoms with Crippen molar-refractivity contribution in [3.05, 3.63) is 39.0 Å². The molecule has 9 nitrogen and oxygen atoms in total. The van der Waals surface area contributed by atoms with E-state index < -0.39 is 11.2 Å². The van der Waals surface area contributed by atoms with Crippen molar-refractivity contribution in [2.24, 2.45) is 13.0 Å². The van der Waals surface area contributed by atoms with Gasteiger partial charge in [0.2, 0.25) is 5.95 Å². The van der Waals surface area contributed by atoms with Gasteiger partial charge in [0.25, 0.3) is 5.56 Å². The van der Waals surface area contributed by atoms with Gasteiger partial charge in [-0.1, -0.05) is 6.92 Å². The highest BCUT2D eigenvalue weighted by Crippen LogP contribution is 2.39. The van der Waals surface area contributed by atoms with Crippen LogP contribution in [0.2, 0.25) is 0 Å². The van der Waals surface area contributed by atoms with Gasteiger partial charge in [0.15, 0.2) is 11.2 Å². The highest BCUT2D eigenvalue weighted by atomic mass is 16.5. The van der Waals surface area contributed by atoms with E-state index >= 15 is 0 Å². The first-order valence-corrected chi connectivity index (χ1v) is 8.63. The van der Waals surface area contributed by atoms with Gasteiger partial charge in [0.05, 0.1) is 19.9 Å². The zero-order chi connectivity index (χ0) is 19.3. The molecule has 2 aromatic heterocycles. The summed E-state index contributed by atoms with van der Waals surface area (Å²) in [4.78, 5) is 33.4. The summed E-state index contributed by atoms with van der Waals surface area (Å²) in [6, 6.07) is 5.54. The molecule has 0 amide bonds. The average molecular weight is 371 g/mol. The fraction of sp³-hybridized carbons (Fsp3) is 0.389. The van der Waals surface area contributed by atoms with Crippen molar-refractivity contribution < 1.29 is 9.47 Å². The highest BCUT2D eigenvalue weighted by Gasteiger charge is 2.30. The summed E-state index contributed by atoms with van der Waals surface area (Å²) in [5.74, 6) is 2.21. The Kier molecular flexibility index (Phi) is 3.94. The standard InChI is InChI=1S/C18H21N5O4/c1-10-8-22(12-7-11(26-3)5-6-13(12)27-4)17-19-15-14(23(17)9-10)16(24)20-18(25)21(15)2/h5-7,10H,8-9H2,1-4H3,(H,20,24,25). The van der Waals surface area contributed by atoms with Gasteiger partial charge in [-0.15, -0.1) is 0 Å². The Bertz CT molecular complexity index is 1140. The molecule has 1 aromatic carbocycles. The molecule has 0 aliphatic carbocycles. The molecule has 4 rings (SSSR count). The van der Waals surface area contributed by atoms with E-state index in [0.717, 1.165) is 5.69 Å². The van der Waals surface area contributed by atoms with Gasteiger partial charge < -0.3 is 18.9 Å². The van der Waals surface area contributed by atoms with Crippen LogP contribution in [0.25, 0.3) is 11.2 Å². The lowest BCUT2D eigenvalue weighted by Gasteiger charge is -2.33. The van der Waals surface area contributed by atoms with Crippen LogP contribution in [-0.4, -0.2) is 39.9 Å². The Labute approximate surface area is 154 Å². The van der Waals surface area contributed by atoms with Crippen LogP contribution in [0, 0.1) is 5.92 Å². The maximum atomic E-state index is 12.5. The summed E-state index contributed by atoms with van der Waals surface area (Å²) in [5.41, 5.74) is 0.631. The van der Waals surface area contributed by atoms with Crippen LogP contribution in [0.5, 0.6) is 11.5 Å². The smallest absolute Gasteiger partial charge is 0.329 e. The second-order valence-electron chi connectivity index (χ2n) is 6.77. The minimum atomic E-state index is -0.485. The zero-order valence-corrected chi connectivity index (χ0v) is 15.6. The van der Waals surface area contributed by atoms with E-state index in [0.29, 0.717) is 41.7 Å². The maximum absolute atomic E-state index is 12.5. The van der Waals surface area contributed by atoms with Gasteiger partial charge in [-0.3, -0.25) is 14.3 Å². The van der Waals surface area contributed by atoms with E-state index in [1.54, 1.807) is 21.3 Å². The van der Waals surface area contributed by atoms with Crippen LogP contribution in [0.4, 0.5) is 11.6 Å². The Morgan fingerprint density at radius 2 is 1.96 bits per heavy atom. The van der Waals surface area contributed by atoms with E-state index in [9.17, 15) is 9.59 Å².